The third-order valence-corrected chi connectivity index (χ3v) is 7.08. The number of amides is 1. The highest BCUT2D eigenvalue weighted by Gasteiger charge is 2.41. The molecule has 3 aromatic carbocycles. The minimum Gasteiger partial charge on any atom is -0.362 e. The van der Waals surface area contributed by atoms with Crippen molar-refractivity contribution in [1.82, 2.24) is 5.32 Å². The number of dihydropyridines is 1. The Labute approximate surface area is 212 Å². The fourth-order valence-corrected chi connectivity index (χ4v) is 5.35. The maximum Gasteiger partial charge on any atom is 0.254 e. The minimum absolute atomic E-state index is 0.00772. The number of allylic oxidation sites excluding steroid dienone is 3. The normalized spacial score (nSPS) is 19.6. The molecule has 0 bridgehead atoms. The lowest BCUT2D eigenvalue weighted by Gasteiger charge is -2.37. The van der Waals surface area contributed by atoms with E-state index < -0.39 is 23.5 Å². The molecule has 2 N–H and O–H groups in total. The largest absolute Gasteiger partial charge is 0.362 e. The number of hydrogen-bond acceptors (Lipinski definition) is 3. The second-order valence-electron chi connectivity index (χ2n) is 9.03. The summed E-state index contributed by atoms with van der Waals surface area (Å²) in [5, 5.41) is 6.25. The van der Waals surface area contributed by atoms with Crippen LogP contribution in [0.5, 0.6) is 0 Å². The maximum absolute atomic E-state index is 14.3. The summed E-state index contributed by atoms with van der Waals surface area (Å²) in [6.07, 6.45) is 0.900. The highest BCUT2D eigenvalue weighted by Crippen LogP contribution is 2.47. The Morgan fingerprint density at radius 2 is 1.72 bits per heavy atom. The zero-order chi connectivity index (χ0) is 25.4. The quantitative estimate of drug-likeness (QED) is 0.420. The average Bonchev–Trinajstić information content (AvgIpc) is 2.85. The fourth-order valence-electron chi connectivity index (χ4n) is 5.10. The standard InChI is InChI=1S/C29H23ClF2N2O2/c1-16-26(29(36)34-23-12-11-19(31)15-22(23)32)27(20-9-5-6-10-21(20)30)28-24(33-16)13-18(14-25(28)35)17-7-3-2-4-8-17/h2-12,15,18,27,33H,13-14H2,1H3,(H,34,36)/t18-,27+/m1/s1. The SMILES string of the molecule is CC1=C(C(=O)Nc2ccc(F)cc2F)[C@H](c2ccccc2Cl)C2=C(C[C@@H](c3ccccc3)CC2=O)N1. The molecule has 36 heavy (non-hydrogen) atoms. The molecule has 1 amide bonds. The molecule has 0 spiro atoms. The van der Waals surface area contributed by atoms with Crippen molar-refractivity contribution in [1.29, 1.82) is 0 Å². The topological polar surface area (TPSA) is 58.2 Å². The summed E-state index contributed by atoms with van der Waals surface area (Å²) in [6.45, 7) is 1.75. The Hall–Kier alpha value is -3.77. The van der Waals surface area contributed by atoms with Gasteiger partial charge in [-0.1, -0.05) is 60.1 Å². The first-order chi connectivity index (χ1) is 17.3. The highest BCUT2D eigenvalue weighted by atomic mass is 35.5. The zero-order valence-corrected chi connectivity index (χ0v) is 20.2. The van der Waals surface area contributed by atoms with Crippen LogP contribution in [0.15, 0.2) is 95.3 Å². The Morgan fingerprint density at radius 3 is 2.44 bits per heavy atom. The Kier molecular flexibility index (Phi) is 6.46. The number of Topliss-reactive ketones (excluding diaryl/α,β-unsaturated/α-hetero) is 1. The van der Waals surface area contributed by atoms with Crippen LogP contribution in [-0.2, 0) is 9.59 Å². The van der Waals surface area contributed by atoms with E-state index in [4.69, 9.17) is 11.6 Å². The van der Waals surface area contributed by atoms with Gasteiger partial charge >= 0.3 is 0 Å². The second kappa shape index (κ2) is 9.70. The molecule has 1 heterocycles. The molecule has 0 aromatic heterocycles. The van der Waals surface area contributed by atoms with Crippen LogP contribution in [0.2, 0.25) is 5.02 Å². The monoisotopic (exact) mass is 504 g/mol. The number of carbonyl (C=O) groups excluding carboxylic acids is 2. The van der Waals surface area contributed by atoms with Gasteiger partial charge in [-0.25, -0.2) is 8.78 Å². The molecule has 4 nitrogen and oxygen atoms in total. The first-order valence-corrected chi connectivity index (χ1v) is 12.0. The van der Waals surface area contributed by atoms with E-state index >= 15 is 0 Å². The average molecular weight is 505 g/mol. The number of ketones is 1. The van der Waals surface area contributed by atoms with E-state index in [0.717, 1.165) is 17.3 Å². The van der Waals surface area contributed by atoms with E-state index in [-0.39, 0.29) is 23.0 Å². The second-order valence-corrected chi connectivity index (χ2v) is 9.43. The van der Waals surface area contributed by atoms with Crippen LogP contribution in [0.25, 0.3) is 0 Å². The predicted octanol–water partition coefficient (Wildman–Crippen LogP) is 6.62. The summed E-state index contributed by atoms with van der Waals surface area (Å²) < 4.78 is 27.7. The van der Waals surface area contributed by atoms with Gasteiger partial charge in [-0.3, -0.25) is 9.59 Å². The molecule has 3 aromatic rings. The number of nitrogens with one attached hydrogen (secondary N) is 2. The van der Waals surface area contributed by atoms with Crippen LogP contribution in [0.3, 0.4) is 0 Å². The molecule has 0 radical (unpaired) electrons. The minimum atomic E-state index is -0.890. The molecule has 2 atom stereocenters. The van der Waals surface area contributed by atoms with Crippen molar-refractivity contribution >= 4 is 29.0 Å². The van der Waals surface area contributed by atoms with Gasteiger partial charge in [0.1, 0.15) is 11.6 Å². The molecule has 0 saturated heterocycles. The number of rotatable bonds is 4. The molecule has 0 fully saturated rings. The van der Waals surface area contributed by atoms with Crippen molar-refractivity contribution in [3.63, 3.8) is 0 Å². The highest BCUT2D eigenvalue weighted by molar-refractivity contribution is 6.31. The summed E-state index contributed by atoms with van der Waals surface area (Å²) in [4.78, 5) is 27.2. The summed E-state index contributed by atoms with van der Waals surface area (Å²) in [7, 11) is 0. The Bertz CT molecular complexity index is 1430. The van der Waals surface area contributed by atoms with Crippen LogP contribution < -0.4 is 10.6 Å². The van der Waals surface area contributed by atoms with Gasteiger partial charge in [-0.2, -0.15) is 0 Å². The smallest absolute Gasteiger partial charge is 0.254 e. The van der Waals surface area contributed by atoms with Crippen molar-refractivity contribution in [2.45, 2.75) is 31.6 Å². The lowest BCUT2D eigenvalue weighted by molar-refractivity contribution is -0.116. The summed E-state index contributed by atoms with van der Waals surface area (Å²) in [6, 6.07) is 19.9. The van der Waals surface area contributed by atoms with E-state index in [2.05, 4.69) is 10.6 Å². The van der Waals surface area contributed by atoms with Crippen LogP contribution in [-0.4, -0.2) is 11.7 Å². The molecule has 1 aliphatic heterocycles. The van der Waals surface area contributed by atoms with E-state index in [1.165, 1.54) is 6.07 Å². The first kappa shape index (κ1) is 23.9. The molecular formula is C29H23ClF2N2O2. The number of benzene rings is 3. The van der Waals surface area contributed by atoms with E-state index in [0.29, 0.717) is 40.8 Å². The van der Waals surface area contributed by atoms with Crippen molar-refractivity contribution in [2.24, 2.45) is 0 Å². The number of carbonyl (C=O) groups is 2. The summed E-state index contributed by atoms with van der Waals surface area (Å²) in [5.74, 6) is -3.03. The van der Waals surface area contributed by atoms with Crippen molar-refractivity contribution in [3.8, 4) is 0 Å². The molecule has 5 rings (SSSR count). The summed E-state index contributed by atoms with van der Waals surface area (Å²) in [5.41, 5.74) is 3.59. The number of anilines is 1. The van der Waals surface area contributed by atoms with Gasteiger partial charge in [0.15, 0.2) is 5.78 Å². The van der Waals surface area contributed by atoms with Crippen LogP contribution >= 0.6 is 11.6 Å². The predicted molar refractivity (Wildman–Crippen MR) is 135 cm³/mol. The third kappa shape index (κ3) is 4.44. The van der Waals surface area contributed by atoms with Gasteiger partial charge < -0.3 is 10.6 Å². The van der Waals surface area contributed by atoms with Crippen LogP contribution in [0.1, 0.15) is 42.7 Å². The van der Waals surface area contributed by atoms with Crippen molar-refractivity contribution in [3.05, 3.63) is 123 Å². The maximum atomic E-state index is 14.3. The number of halogens is 3. The first-order valence-electron chi connectivity index (χ1n) is 11.6. The fraction of sp³-hybridized carbons (Fsp3) is 0.172. The van der Waals surface area contributed by atoms with Crippen LogP contribution in [0.4, 0.5) is 14.5 Å². The molecule has 0 unspecified atom stereocenters. The summed E-state index contributed by atoms with van der Waals surface area (Å²) >= 11 is 6.57. The van der Waals surface area contributed by atoms with Gasteiger partial charge in [0.2, 0.25) is 0 Å². The molecule has 0 saturated carbocycles. The van der Waals surface area contributed by atoms with E-state index in [1.807, 2.05) is 30.3 Å². The van der Waals surface area contributed by atoms with E-state index in [9.17, 15) is 18.4 Å². The van der Waals surface area contributed by atoms with Gasteiger partial charge in [0, 0.05) is 46.0 Å². The zero-order valence-electron chi connectivity index (χ0n) is 19.4. The number of hydrogen-bond donors (Lipinski definition) is 2. The van der Waals surface area contributed by atoms with Crippen molar-refractivity contribution < 1.29 is 18.4 Å². The molecule has 1 aliphatic carbocycles. The van der Waals surface area contributed by atoms with Gasteiger partial charge in [0.05, 0.1) is 5.69 Å². The lowest BCUT2D eigenvalue weighted by Crippen LogP contribution is -2.37. The molecular weight excluding hydrogens is 482 g/mol. The lowest BCUT2D eigenvalue weighted by atomic mass is 9.71. The van der Waals surface area contributed by atoms with E-state index in [1.54, 1.807) is 31.2 Å². The van der Waals surface area contributed by atoms with Gasteiger partial charge in [0.25, 0.3) is 5.91 Å². The molecule has 7 heteroatoms. The van der Waals surface area contributed by atoms with Crippen LogP contribution in [0, 0.1) is 11.6 Å². The molecule has 2 aliphatic rings. The third-order valence-electron chi connectivity index (χ3n) is 6.74. The van der Waals surface area contributed by atoms with Crippen molar-refractivity contribution in [2.75, 3.05) is 5.32 Å². The molecule has 182 valence electrons. The van der Waals surface area contributed by atoms with Gasteiger partial charge in [-0.15, -0.1) is 0 Å². The van der Waals surface area contributed by atoms with Gasteiger partial charge in [-0.05, 0) is 48.6 Å². The Balaban J connectivity index is 1.58. The Morgan fingerprint density at radius 1 is 1.00 bits per heavy atom.